The SMILES string of the molecule is CCCCC(O)NC1(O)CCCc2ccc(OC)cc21. The third kappa shape index (κ3) is 3.32. The zero-order chi connectivity index (χ0) is 14.6. The van der Waals surface area contributed by atoms with Crippen molar-refractivity contribution < 1.29 is 14.9 Å². The Morgan fingerprint density at radius 2 is 2.25 bits per heavy atom. The van der Waals surface area contributed by atoms with Crippen LogP contribution in [0.25, 0.3) is 0 Å². The van der Waals surface area contributed by atoms with E-state index in [0.717, 1.165) is 42.6 Å². The number of hydrogen-bond acceptors (Lipinski definition) is 4. The summed E-state index contributed by atoms with van der Waals surface area (Å²) < 4.78 is 5.24. The molecule has 0 saturated carbocycles. The molecule has 1 aromatic carbocycles. The third-order valence-corrected chi connectivity index (χ3v) is 3.98. The lowest BCUT2D eigenvalue weighted by atomic mass is 9.84. The molecule has 0 heterocycles. The summed E-state index contributed by atoms with van der Waals surface area (Å²) in [7, 11) is 1.62. The molecule has 4 nitrogen and oxygen atoms in total. The van der Waals surface area contributed by atoms with Gasteiger partial charge >= 0.3 is 0 Å². The van der Waals surface area contributed by atoms with Crippen LogP contribution < -0.4 is 10.1 Å². The normalized spacial score (nSPS) is 23.2. The summed E-state index contributed by atoms with van der Waals surface area (Å²) in [4.78, 5) is 0. The number of hydrogen-bond donors (Lipinski definition) is 3. The van der Waals surface area contributed by atoms with Gasteiger partial charge in [-0.2, -0.15) is 0 Å². The molecule has 1 aliphatic rings. The molecule has 0 radical (unpaired) electrons. The van der Waals surface area contributed by atoms with Gasteiger partial charge in [0.05, 0.1) is 7.11 Å². The Balaban J connectivity index is 2.20. The molecule has 112 valence electrons. The van der Waals surface area contributed by atoms with Crippen LogP contribution in [-0.2, 0) is 12.1 Å². The van der Waals surface area contributed by atoms with Crippen LogP contribution in [0.2, 0.25) is 0 Å². The number of aliphatic hydroxyl groups excluding tert-OH is 1. The standard InChI is InChI=1S/C16H25NO3/c1-3-4-7-15(18)17-16(19)10-5-6-12-8-9-13(20-2)11-14(12)16/h8-9,11,15,17-19H,3-7,10H2,1-2H3. The molecule has 0 aromatic heterocycles. The Morgan fingerprint density at radius 3 is 2.95 bits per heavy atom. The van der Waals surface area contributed by atoms with Crippen molar-refractivity contribution in [1.82, 2.24) is 5.32 Å². The lowest BCUT2D eigenvalue weighted by Crippen LogP contribution is -2.49. The predicted molar refractivity (Wildman–Crippen MR) is 78.5 cm³/mol. The van der Waals surface area contributed by atoms with Gasteiger partial charge in [0.15, 0.2) is 0 Å². The highest BCUT2D eigenvalue weighted by Gasteiger charge is 2.35. The molecule has 3 N–H and O–H groups in total. The molecule has 0 spiro atoms. The summed E-state index contributed by atoms with van der Waals surface area (Å²) in [6.07, 6.45) is 4.40. The van der Waals surface area contributed by atoms with Gasteiger partial charge in [-0.25, -0.2) is 0 Å². The molecule has 0 amide bonds. The molecule has 2 unspecified atom stereocenters. The number of rotatable bonds is 6. The van der Waals surface area contributed by atoms with Crippen LogP contribution in [0.3, 0.4) is 0 Å². The minimum absolute atomic E-state index is 0.607. The van der Waals surface area contributed by atoms with Crippen LogP contribution in [0.5, 0.6) is 5.75 Å². The number of nitrogens with one attached hydrogen (secondary N) is 1. The first kappa shape index (κ1) is 15.3. The number of aryl methyl sites for hydroxylation is 1. The van der Waals surface area contributed by atoms with E-state index in [1.807, 2.05) is 18.2 Å². The molecule has 1 aliphatic carbocycles. The first-order valence-corrected chi connectivity index (χ1v) is 7.44. The fraction of sp³-hybridized carbons (Fsp3) is 0.625. The van der Waals surface area contributed by atoms with Gasteiger partial charge in [0.2, 0.25) is 0 Å². The molecule has 2 rings (SSSR count). The molecule has 0 bridgehead atoms. The first-order valence-electron chi connectivity index (χ1n) is 7.44. The van der Waals surface area contributed by atoms with Crippen molar-refractivity contribution in [3.05, 3.63) is 29.3 Å². The van der Waals surface area contributed by atoms with Crippen molar-refractivity contribution in [3.8, 4) is 5.75 Å². The van der Waals surface area contributed by atoms with Gasteiger partial charge in [-0.1, -0.05) is 19.4 Å². The van der Waals surface area contributed by atoms with Gasteiger partial charge in [-0.15, -0.1) is 0 Å². The molecular weight excluding hydrogens is 254 g/mol. The Kier molecular flexibility index (Phi) is 5.02. The Bertz CT molecular complexity index is 449. The van der Waals surface area contributed by atoms with Gasteiger partial charge in [-0.05, 0) is 49.8 Å². The van der Waals surface area contributed by atoms with E-state index >= 15 is 0 Å². The zero-order valence-electron chi connectivity index (χ0n) is 12.4. The van der Waals surface area contributed by atoms with Crippen molar-refractivity contribution in [2.75, 3.05) is 7.11 Å². The number of ether oxygens (including phenoxy) is 1. The highest BCUT2D eigenvalue weighted by molar-refractivity contribution is 5.40. The quantitative estimate of drug-likeness (QED) is 0.699. The number of unbranched alkanes of at least 4 members (excludes halogenated alkanes) is 1. The minimum atomic E-state index is -1.16. The van der Waals surface area contributed by atoms with E-state index in [-0.39, 0.29) is 0 Å². The average Bonchev–Trinajstić information content (AvgIpc) is 2.45. The summed E-state index contributed by atoms with van der Waals surface area (Å²) in [5, 5.41) is 23.9. The Labute approximate surface area is 120 Å². The monoisotopic (exact) mass is 279 g/mol. The summed E-state index contributed by atoms with van der Waals surface area (Å²) in [6.45, 7) is 2.09. The van der Waals surface area contributed by atoms with Crippen LogP contribution in [0, 0.1) is 0 Å². The number of benzene rings is 1. The minimum Gasteiger partial charge on any atom is -0.497 e. The molecule has 4 heteroatoms. The highest BCUT2D eigenvalue weighted by atomic mass is 16.5. The van der Waals surface area contributed by atoms with Crippen molar-refractivity contribution >= 4 is 0 Å². The highest BCUT2D eigenvalue weighted by Crippen LogP contribution is 2.35. The third-order valence-electron chi connectivity index (χ3n) is 3.98. The Morgan fingerprint density at radius 1 is 1.45 bits per heavy atom. The van der Waals surface area contributed by atoms with Gasteiger partial charge in [0.1, 0.15) is 17.7 Å². The van der Waals surface area contributed by atoms with Gasteiger partial charge in [0.25, 0.3) is 0 Å². The maximum absolute atomic E-state index is 10.9. The topological polar surface area (TPSA) is 61.7 Å². The van der Waals surface area contributed by atoms with Crippen LogP contribution in [-0.4, -0.2) is 23.6 Å². The zero-order valence-corrected chi connectivity index (χ0v) is 12.4. The lowest BCUT2D eigenvalue weighted by molar-refractivity contribution is -0.0660. The lowest BCUT2D eigenvalue weighted by Gasteiger charge is -2.37. The fourth-order valence-electron chi connectivity index (χ4n) is 2.85. The van der Waals surface area contributed by atoms with Crippen molar-refractivity contribution in [3.63, 3.8) is 0 Å². The number of fused-ring (bicyclic) bond motifs is 1. The van der Waals surface area contributed by atoms with Crippen molar-refractivity contribution in [2.24, 2.45) is 0 Å². The molecule has 0 fully saturated rings. The van der Waals surface area contributed by atoms with Crippen LogP contribution in [0.15, 0.2) is 18.2 Å². The van der Waals surface area contributed by atoms with Gasteiger partial charge < -0.3 is 14.9 Å². The van der Waals surface area contributed by atoms with Gasteiger partial charge in [-0.3, -0.25) is 5.32 Å². The fourth-order valence-corrected chi connectivity index (χ4v) is 2.85. The van der Waals surface area contributed by atoms with E-state index in [9.17, 15) is 10.2 Å². The summed E-state index contributed by atoms with van der Waals surface area (Å²) in [6, 6.07) is 5.78. The average molecular weight is 279 g/mol. The second kappa shape index (κ2) is 6.57. The maximum atomic E-state index is 10.9. The van der Waals surface area contributed by atoms with Crippen LogP contribution >= 0.6 is 0 Å². The maximum Gasteiger partial charge on any atom is 0.144 e. The summed E-state index contributed by atoms with van der Waals surface area (Å²) in [5.41, 5.74) is 0.795. The van der Waals surface area contributed by atoms with Crippen LogP contribution in [0.4, 0.5) is 0 Å². The van der Waals surface area contributed by atoms with Gasteiger partial charge in [0, 0.05) is 5.56 Å². The first-order chi connectivity index (χ1) is 9.59. The molecule has 1 aromatic rings. The van der Waals surface area contributed by atoms with E-state index in [1.54, 1.807) is 7.11 Å². The van der Waals surface area contributed by atoms with E-state index in [0.29, 0.717) is 12.8 Å². The molecular formula is C16H25NO3. The van der Waals surface area contributed by atoms with Crippen molar-refractivity contribution in [2.45, 2.75) is 57.4 Å². The van der Waals surface area contributed by atoms with Crippen molar-refractivity contribution in [1.29, 1.82) is 0 Å². The number of aliphatic hydroxyl groups is 2. The number of methoxy groups -OCH3 is 1. The van der Waals surface area contributed by atoms with E-state index in [2.05, 4.69) is 12.2 Å². The Hall–Kier alpha value is -1.10. The molecule has 2 atom stereocenters. The second-order valence-electron chi connectivity index (χ2n) is 5.54. The summed E-state index contributed by atoms with van der Waals surface area (Å²) >= 11 is 0. The second-order valence-corrected chi connectivity index (χ2v) is 5.54. The summed E-state index contributed by atoms with van der Waals surface area (Å²) in [5.74, 6) is 0.730. The molecule has 0 saturated heterocycles. The van der Waals surface area contributed by atoms with E-state index < -0.39 is 12.0 Å². The van der Waals surface area contributed by atoms with Crippen LogP contribution in [0.1, 0.15) is 50.2 Å². The largest absolute Gasteiger partial charge is 0.497 e. The van der Waals surface area contributed by atoms with E-state index in [1.165, 1.54) is 0 Å². The smallest absolute Gasteiger partial charge is 0.144 e. The van der Waals surface area contributed by atoms with E-state index in [4.69, 9.17) is 4.74 Å². The molecule has 20 heavy (non-hydrogen) atoms. The predicted octanol–water partition coefficient (Wildman–Crippen LogP) is 2.27. The molecule has 0 aliphatic heterocycles.